The van der Waals surface area contributed by atoms with Crippen molar-refractivity contribution in [3.05, 3.63) is 116 Å². The molecule has 1 atom stereocenters. The van der Waals surface area contributed by atoms with E-state index in [0.29, 0.717) is 40.6 Å². The van der Waals surface area contributed by atoms with E-state index in [1.54, 1.807) is 23.9 Å². The number of carbonyl (C=O) groups excluding carboxylic acids is 1. The number of hydrogen-bond acceptors (Lipinski definition) is 5. The number of nitrogens with two attached hydrogens (primary N) is 1. The van der Waals surface area contributed by atoms with Crippen LogP contribution in [0.25, 0.3) is 0 Å². The fourth-order valence-electron chi connectivity index (χ4n) is 5.52. The van der Waals surface area contributed by atoms with Crippen molar-refractivity contribution in [1.29, 1.82) is 5.26 Å². The van der Waals surface area contributed by atoms with Crippen LogP contribution in [0.2, 0.25) is 5.02 Å². The molecule has 198 valence electrons. The lowest BCUT2D eigenvalue weighted by molar-refractivity contribution is -0.116. The highest BCUT2D eigenvalue weighted by Gasteiger charge is 2.41. The molecule has 1 aliphatic carbocycles. The van der Waals surface area contributed by atoms with Gasteiger partial charge in [0.25, 0.3) is 0 Å². The third kappa shape index (κ3) is 5.09. The van der Waals surface area contributed by atoms with Gasteiger partial charge in [0.2, 0.25) is 0 Å². The second kappa shape index (κ2) is 10.9. The maximum absolute atomic E-state index is 13.6. The largest absolute Gasteiger partial charge is 0.384 e. The van der Waals surface area contributed by atoms with Gasteiger partial charge in [0.15, 0.2) is 5.78 Å². The van der Waals surface area contributed by atoms with E-state index in [0.717, 1.165) is 50.5 Å². The Balaban J connectivity index is 1.63. The molecule has 0 bridgehead atoms. The Labute approximate surface area is 238 Å². The van der Waals surface area contributed by atoms with Crippen LogP contribution in [0.1, 0.15) is 53.0 Å². The number of rotatable bonds is 5. The normalized spacial score (nSPS) is 17.4. The molecule has 0 amide bonds. The summed E-state index contributed by atoms with van der Waals surface area (Å²) >= 11 is 8.09. The van der Waals surface area contributed by atoms with Gasteiger partial charge in [-0.1, -0.05) is 35.4 Å². The molecular weight excluding hydrogens is 529 g/mol. The summed E-state index contributed by atoms with van der Waals surface area (Å²) in [5.41, 5.74) is 14.4. The molecule has 1 heterocycles. The average molecular weight is 558 g/mol. The van der Waals surface area contributed by atoms with Gasteiger partial charge in [0, 0.05) is 39.0 Å². The van der Waals surface area contributed by atoms with Gasteiger partial charge in [-0.05, 0) is 92.3 Å². The minimum atomic E-state index is -0.538. The zero-order valence-corrected chi connectivity index (χ0v) is 23.7. The summed E-state index contributed by atoms with van der Waals surface area (Å²) in [6.45, 7) is 6.00. The molecule has 7 heteroatoms. The van der Waals surface area contributed by atoms with Crippen LogP contribution in [-0.2, 0) is 10.5 Å². The van der Waals surface area contributed by atoms with Gasteiger partial charge in [0.05, 0.1) is 17.6 Å². The van der Waals surface area contributed by atoms with Crippen molar-refractivity contribution in [1.82, 2.24) is 0 Å². The predicted molar refractivity (Wildman–Crippen MR) is 156 cm³/mol. The summed E-state index contributed by atoms with van der Waals surface area (Å²) in [5.74, 6) is 0.256. The topological polar surface area (TPSA) is 70.1 Å². The van der Waals surface area contributed by atoms with Crippen molar-refractivity contribution in [3.63, 3.8) is 0 Å². The van der Waals surface area contributed by atoms with E-state index in [4.69, 9.17) is 17.3 Å². The Hall–Kier alpha value is -3.53. The zero-order valence-electron chi connectivity index (χ0n) is 22.1. The number of halogens is 2. The van der Waals surface area contributed by atoms with Gasteiger partial charge in [-0.25, -0.2) is 4.39 Å². The minimum Gasteiger partial charge on any atom is -0.384 e. The van der Waals surface area contributed by atoms with E-state index in [1.807, 2.05) is 43.9 Å². The Morgan fingerprint density at radius 2 is 1.85 bits per heavy atom. The highest BCUT2D eigenvalue weighted by atomic mass is 35.5. The number of aryl methyl sites for hydroxylation is 2. The van der Waals surface area contributed by atoms with Gasteiger partial charge >= 0.3 is 0 Å². The van der Waals surface area contributed by atoms with Gasteiger partial charge in [0.1, 0.15) is 11.6 Å². The van der Waals surface area contributed by atoms with E-state index in [9.17, 15) is 14.4 Å². The van der Waals surface area contributed by atoms with Crippen LogP contribution >= 0.6 is 23.4 Å². The molecule has 0 aromatic heterocycles. The van der Waals surface area contributed by atoms with E-state index in [-0.39, 0.29) is 11.6 Å². The van der Waals surface area contributed by atoms with Crippen LogP contribution in [0.4, 0.5) is 10.1 Å². The van der Waals surface area contributed by atoms with Crippen LogP contribution in [0.5, 0.6) is 0 Å². The number of Topliss-reactive ketones (excluding diaryl/α,β-unsaturated/α-hetero) is 1. The lowest BCUT2D eigenvalue weighted by atomic mass is 9.73. The molecule has 0 fully saturated rings. The number of carbonyl (C=O) groups is 1. The predicted octanol–water partition coefficient (Wildman–Crippen LogP) is 8.00. The monoisotopic (exact) mass is 557 g/mol. The summed E-state index contributed by atoms with van der Waals surface area (Å²) in [5, 5.41) is 11.0. The van der Waals surface area contributed by atoms with E-state index < -0.39 is 5.92 Å². The molecule has 4 nitrogen and oxygen atoms in total. The molecule has 0 saturated heterocycles. The number of hydrogen-bond donors (Lipinski definition) is 1. The Bertz CT molecular complexity index is 1590. The molecule has 3 aromatic carbocycles. The van der Waals surface area contributed by atoms with Gasteiger partial charge in [-0.2, -0.15) is 5.26 Å². The summed E-state index contributed by atoms with van der Waals surface area (Å²) in [6.07, 6.45) is 1.84. The molecule has 5 rings (SSSR count). The lowest BCUT2D eigenvalue weighted by Gasteiger charge is -2.40. The van der Waals surface area contributed by atoms with Crippen LogP contribution in [0.15, 0.2) is 82.2 Å². The Morgan fingerprint density at radius 1 is 1.10 bits per heavy atom. The SMILES string of the molecule is Cc1cc(CSc2ccc(F)cc2)c(C)c(C2C(C#N)=C(N)N(c3ccc(C)c(Cl)c3)C3=C2C(=O)CCC3)c1. The first-order chi connectivity index (χ1) is 18.7. The number of allylic oxidation sites excluding steroid dienone is 3. The quantitative estimate of drug-likeness (QED) is 0.322. The number of ketones is 1. The first-order valence-electron chi connectivity index (χ1n) is 12.9. The molecular formula is C32H29ClFN3OS. The average Bonchev–Trinajstić information content (AvgIpc) is 2.91. The molecule has 0 spiro atoms. The van der Waals surface area contributed by atoms with E-state index in [1.165, 1.54) is 12.1 Å². The molecule has 0 radical (unpaired) electrons. The molecule has 1 aliphatic heterocycles. The molecule has 2 aliphatic rings. The van der Waals surface area contributed by atoms with E-state index >= 15 is 0 Å². The third-order valence-corrected chi connectivity index (χ3v) is 9.01. The van der Waals surface area contributed by atoms with Crippen molar-refractivity contribution in [2.45, 2.75) is 56.6 Å². The smallest absolute Gasteiger partial charge is 0.161 e. The maximum Gasteiger partial charge on any atom is 0.161 e. The number of anilines is 1. The molecule has 1 unspecified atom stereocenters. The van der Waals surface area contributed by atoms with E-state index in [2.05, 4.69) is 18.2 Å². The zero-order chi connectivity index (χ0) is 27.8. The highest BCUT2D eigenvalue weighted by molar-refractivity contribution is 7.98. The second-order valence-corrected chi connectivity index (χ2v) is 11.6. The maximum atomic E-state index is 13.6. The first kappa shape index (κ1) is 27.1. The van der Waals surface area contributed by atoms with Gasteiger partial charge < -0.3 is 5.73 Å². The summed E-state index contributed by atoms with van der Waals surface area (Å²) in [6, 6.07) is 18.7. The number of nitrogens with zero attached hydrogens (tertiary/aromatic N) is 2. The third-order valence-electron chi connectivity index (χ3n) is 7.55. The van der Waals surface area contributed by atoms with Gasteiger partial charge in [-0.15, -0.1) is 11.8 Å². The molecule has 0 saturated carbocycles. The van der Waals surface area contributed by atoms with Crippen LogP contribution in [-0.4, -0.2) is 5.78 Å². The standard InChI is InChI=1S/C32H29ClFN3OS/c1-18-13-21(17-39-24-11-8-22(34)9-12-24)20(3)25(14-18)30-26(16-35)32(36)37(23-10-7-19(2)27(33)15-23)28-5-4-6-29(38)31(28)30/h7-15,30H,4-6,17,36H2,1-3H3. The lowest BCUT2D eigenvalue weighted by Crippen LogP contribution is -2.39. The van der Waals surface area contributed by atoms with Crippen molar-refractivity contribution in [2.24, 2.45) is 5.73 Å². The Kier molecular flexibility index (Phi) is 7.57. The minimum absolute atomic E-state index is 0.0489. The van der Waals surface area contributed by atoms with Crippen molar-refractivity contribution >= 4 is 34.8 Å². The van der Waals surface area contributed by atoms with Gasteiger partial charge in [-0.3, -0.25) is 9.69 Å². The molecule has 2 N–H and O–H groups in total. The Morgan fingerprint density at radius 3 is 2.54 bits per heavy atom. The van der Waals surface area contributed by atoms with Crippen molar-refractivity contribution in [2.75, 3.05) is 4.90 Å². The van der Waals surface area contributed by atoms with Crippen LogP contribution in [0, 0.1) is 37.9 Å². The molecule has 39 heavy (non-hydrogen) atoms. The van der Waals surface area contributed by atoms with Crippen LogP contribution in [0.3, 0.4) is 0 Å². The summed E-state index contributed by atoms with van der Waals surface area (Å²) in [4.78, 5) is 16.4. The second-order valence-electron chi connectivity index (χ2n) is 10.1. The number of thioether (sulfide) groups is 1. The van der Waals surface area contributed by atoms with Crippen molar-refractivity contribution in [3.8, 4) is 6.07 Å². The first-order valence-corrected chi connectivity index (χ1v) is 14.3. The highest BCUT2D eigenvalue weighted by Crippen LogP contribution is 2.48. The number of nitriles is 1. The summed E-state index contributed by atoms with van der Waals surface area (Å²) in [7, 11) is 0. The van der Waals surface area contributed by atoms with Crippen molar-refractivity contribution < 1.29 is 9.18 Å². The molecule has 3 aromatic rings. The number of benzene rings is 3. The summed E-state index contributed by atoms with van der Waals surface area (Å²) < 4.78 is 13.4. The fraction of sp³-hybridized carbons (Fsp3) is 0.250. The fourth-order valence-corrected chi connectivity index (χ4v) is 6.64. The van der Waals surface area contributed by atoms with Crippen LogP contribution < -0.4 is 10.6 Å².